The average molecular weight is 335 g/mol. The molecule has 0 radical (unpaired) electrons. The van der Waals surface area contributed by atoms with Crippen LogP contribution in [0, 0.1) is 0 Å². The van der Waals surface area contributed by atoms with E-state index in [2.05, 4.69) is 9.97 Å². The number of nitrogens with zero attached hydrogens (tertiary/aromatic N) is 2. The lowest BCUT2D eigenvalue weighted by molar-refractivity contribution is -0.135. The van der Waals surface area contributed by atoms with E-state index in [9.17, 15) is 4.79 Å². The number of carbonyl (C=O) groups is 1. The second kappa shape index (κ2) is 6.59. The number of para-hydroxylation sites is 2. The first-order valence-electron chi connectivity index (χ1n) is 8.58. The van der Waals surface area contributed by atoms with Crippen molar-refractivity contribution >= 4 is 16.9 Å². The minimum absolute atomic E-state index is 0.211. The van der Waals surface area contributed by atoms with Crippen molar-refractivity contribution in [3.05, 3.63) is 59.9 Å². The third-order valence-corrected chi connectivity index (χ3v) is 4.82. The van der Waals surface area contributed by atoms with Crippen LogP contribution in [0.15, 0.2) is 48.5 Å². The summed E-state index contributed by atoms with van der Waals surface area (Å²) in [4.78, 5) is 22.3. The van der Waals surface area contributed by atoms with Gasteiger partial charge in [-0.15, -0.1) is 0 Å². The van der Waals surface area contributed by atoms with E-state index in [0.29, 0.717) is 12.3 Å². The van der Waals surface area contributed by atoms with Crippen molar-refractivity contribution in [3.8, 4) is 5.75 Å². The number of hydrogen-bond acceptors (Lipinski definition) is 3. The number of aromatic amines is 1. The van der Waals surface area contributed by atoms with Crippen molar-refractivity contribution < 1.29 is 9.53 Å². The summed E-state index contributed by atoms with van der Waals surface area (Å²) in [6, 6.07) is 15.9. The number of rotatable bonds is 5. The van der Waals surface area contributed by atoms with Gasteiger partial charge in [0.25, 0.3) is 0 Å². The van der Waals surface area contributed by atoms with Crippen molar-refractivity contribution in [1.82, 2.24) is 14.9 Å². The summed E-state index contributed by atoms with van der Waals surface area (Å²) in [6.45, 7) is 1.50. The highest BCUT2D eigenvalue weighted by Crippen LogP contribution is 2.27. The van der Waals surface area contributed by atoms with Crippen LogP contribution in [0.2, 0.25) is 0 Å². The number of amides is 1. The van der Waals surface area contributed by atoms with E-state index in [4.69, 9.17) is 4.74 Å². The quantitative estimate of drug-likeness (QED) is 0.779. The molecule has 1 N–H and O–H groups in total. The fraction of sp³-hybridized carbons (Fsp3) is 0.300. The Kier molecular flexibility index (Phi) is 4.14. The Morgan fingerprint density at radius 2 is 1.96 bits per heavy atom. The van der Waals surface area contributed by atoms with Crippen molar-refractivity contribution in [1.29, 1.82) is 0 Å². The fourth-order valence-corrected chi connectivity index (χ4v) is 3.22. The number of aromatic nitrogens is 2. The molecule has 1 aromatic heterocycles. The van der Waals surface area contributed by atoms with Crippen molar-refractivity contribution in [2.45, 2.75) is 18.8 Å². The highest BCUT2D eigenvalue weighted by molar-refractivity contribution is 5.78. The standard InChI is InChI=1S/C20H21N3O2/c1-25-16-9-6-14(7-10-16)8-11-19(24)23-12-15(13-23)20-21-17-4-2-3-5-18(17)22-20/h2-7,9-10,15H,8,11-13H2,1H3,(H,21,22). The Balaban J connectivity index is 1.30. The van der Waals surface area contributed by atoms with Gasteiger partial charge in [-0.05, 0) is 36.2 Å². The molecule has 0 bridgehead atoms. The van der Waals surface area contributed by atoms with Crippen LogP contribution in [0.4, 0.5) is 0 Å². The average Bonchev–Trinajstić information content (AvgIpc) is 3.02. The van der Waals surface area contributed by atoms with E-state index in [1.807, 2.05) is 53.4 Å². The Labute approximate surface area is 146 Å². The number of aryl methyl sites for hydroxylation is 1. The van der Waals surface area contributed by atoms with E-state index in [0.717, 1.165) is 47.7 Å². The maximum absolute atomic E-state index is 12.3. The SMILES string of the molecule is COc1ccc(CCC(=O)N2CC(c3nc4ccccc4[nH]3)C2)cc1. The van der Waals surface area contributed by atoms with Gasteiger partial charge in [-0.2, -0.15) is 0 Å². The van der Waals surface area contributed by atoms with Gasteiger partial charge in [0.1, 0.15) is 11.6 Å². The molecule has 1 amide bonds. The molecule has 0 saturated carbocycles. The molecular formula is C20H21N3O2. The summed E-state index contributed by atoms with van der Waals surface area (Å²) in [5.41, 5.74) is 3.20. The molecule has 0 atom stereocenters. The van der Waals surface area contributed by atoms with Crippen molar-refractivity contribution in [2.75, 3.05) is 20.2 Å². The second-order valence-electron chi connectivity index (χ2n) is 6.48. The number of methoxy groups -OCH3 is 1. The number of nitrogens with one attached hydrogen (secondary N) is 1. The normalized spacial score (nSPS) is 14.5. The summed E-state index contributed by atoms with van der Waals surface area (Å²) in [7, 11) is 1.65. The van der Waals surface area contributed by atoms with E-state index in [1.54, 1.807) is 7.11 Å². The molecule has 3 aromatic rings. The summed E-state index contributed by atoms with van der Waals surface area (Å²) in [6.07, 6.45) is 1.30. The number of benzene rings is 2. The van der Waals surface area contributed by atoms with Crippen LogP contribution in [0.3, 0.4) is 0 Å². The summed E-state index contributed by atoms with van der Waals surface area (Å²) >= 11 is 0. The van der Waals surface area contributed by atoms with E-state index in [-0.39, 0.29) is 5.91 Å². The van der Waals surface area contributed by atoms with Gasteiger partial charge < -0.3 is 14.6 Å². The van der Waals surface area contributed by atoms with Gasteiger partial charge >= 0.3 is 0 Å². The Hall–Kier alpha value is -2.82. The zero-order valence-corrected chi connectivity index (χ0v) is 14.2. The molecule has 25 heavy (non-hydrogen) atoms. The first-order valence-corrected chi connectivity index (χ1v) is 8.58. The van der Waals surface area contributed by atoms with Gasteiger partial charge in [0.05, 0.1) is 24.1 Å². The monoisotopic (exact) mass is 335 g/mol. The maximum atomic E-state index is 12.3. The predicted octanol–water partition coefficient (Wildman–Crippen LogP) is 3.13. The van der Waals surface area contributed by atoms with Crippen molar-refractivity contribution in [3.63, 3.8) is 0 Å². The first kappa shape index (κ1) is 15.7. The molecule has 128 valence electrons. The molecule has 0 spiro atoms. The number of imidazole rings is 1. The molecule has 1 aliphatic heterocycles. The summed E-state index contributed by atoms with van der Waals surface area (Å²) < 4.78 is 5.15. The number of hydrogen-bond donors (Lipinski definition) is 1. The van der Waals surface area contributed by atoms with Crippen LogP contribution >= 0.6 is 0 Å². The van der Waals surface area contributed by atoms with Crippen LogP contribution in [0.1, 0.15) is 23.7 Å². The zero-order valence-electron chi connectivity index (χ0n) is 14.2. The van der Waals surface area contributed by atoms with Crippen molar-refractivity contribution in [2.24, 2.45) is 0 Å². The smallest absolute Gasteiger partial charge is 0.222 e. The minimum atomic E-state index is 0.211. The molecule has 2 aromatic carbocycles. The highest BCUT2D eigenvalue weighted by atomic mass is 16.5. The molecular weight excluding hydrogens is 314 g/mol. The van der Waals surface area contributed by atoms with Gasteiger partial charge in [-0.25, -0.2) is 4.98 Å². The third kappa shape index (κ3) is 3.22. The number of carbonyl (C=O) groups excluding carboxylic acids is 1. The van der Waals surface area contributed by atoms with Crippen LogP contribution in [0.25, 0.3) is 11.0 Å². The fourth-order valence-electron chi connectivity index (χ4n) is 3.22. The van der Waals surface area contributed by atoms with E-state index in [1.165, 1.54) is 0 Å². The Morgan fingerprint density at radius 3 is 2.68 bits per heavy atom. The first-order chi connectivity index (χ1) is 12.2. The number of likely N-dealkylation sites (tertiary alicyclic amines) is 1. The lowest BCUT2D eigenvalue weighted by Gasteiger charge is -2.38. The zero-order chi connectivity index (χ0) is 17.2. The lowest BCUT2D eigenvalue weighted by Crippen LogP contribution is -2.48. The molecule has 1 fully saturated rings. The Bertz CT molecular complexity index is 846. The topological polar surface area (TPSA) is 58.2 Å². The molecule has 1 saturated heterocycles. The lowest BCUT2D eigenvalue weighted by atomic mass is 9.98. The van der Waals surface area contributed by atoms with E-state index < -0.39 is 0 Å². The van der Waals surface area contributed by atoms with Crippen LogP contribution < -0.4 is 4.74 Å². The van der Waals surface area contributed by atoms with Gasteiger partial charge in [-0.1, -0.05) is 24.3 Å². The van der Waals surface area contributed by atoms with Gasteiger partial charge in [-0.3, -0.25) is 4.79 Å². The molecule has 0 aliphatic carbocycles. The molecule has 1 aliphatic rings. The summed E-state index contributed by atoms with van der Waals surface area (Å²) in [5.74, 6) is 2.35. The third-order valence-electron chi connectivity index (χ3n) is 4.82. The molecule has 2 heterocycles. The van der Waals surface area contributed by atoms with Crippen LogP contribution in [-0.2, 0) is 11.2 Å². The predicted molar refractivity (Wildman–Crippen MR) is 96.7 cm³/mol. The Morgan fingerprint density at radius 1 is 1.20 bits per heavy atom. The largest absolute Gasteiger partial charge is 0.497 e. The van der Waals surface area contributed by atoms with E-state index >= 15 is 0 Å². The highest BCUT2D eigenvalue weighted by Gasteiger charge is 2.33. The van der Waals surface area contributed by atoms with Gasteiger partial charge in [0.2, 0.25) is 5.91 Å². The van der Waals surface area contributed by atoms with Gasteiger partial charge in [0, 0.05) is 19.5 Å². The maximum Gasteiger partial charge on any atom is 0.222 e. The molecule has 5 nitrogen and oxygen atoms in total. The molecule has 0 unspecified atom stereocenters. The number of fused-ring (bicyclic) bond motifs is 1. The molecule has 5 heteroatoms. The van der Waals surface area contributed by atoms with Crippen LogP contribution in [0.5, 0.6) is 5.75 Å². The second-order valence-corrected chi connectivity index (χ2v) is 6.48. The number of H-pyrrole nitrogens is 1. The summed E-state index contributed by atoms with van der Waals surface area (Å²) in [5, 5.41) is 0. The molecule has 4 rings (SSSR count). The van der Waals surface area contributed by atoms with Crippen LogP contribution in [-0.4, -0.2) is 41.0 Å². The minimum Gasteiger partial charge on any atom is -0.497 e. The van der Waals surface area contributed by atoms with Gasteiger partial charge in [0.15, 0.2) is 0 Å². The number of ether oxygens (including phenoxy) is 1.